The van der Waals surface area contributed by atoms with Gasteiger partial charge in [-0.05, 0) is 54.2 Å². The van der Waals surface area contributed by atoms with E-state index in [2.05, 4.69) is 34.2 Å². The van der Waals surface area contributed by atoms with Crippen LogP contribution < -0.4 is 5.32 Å². The summed E-state index contributed by atoms with van der Waals surface area (Å²) in [5, 5.41) is 3.60. The molecular weight excluding hydrogens is 334 g/mol. The third kappa shape index (κ3) is 3.94. The molecule has 2 unspecified atom stereocenters. The molecule has 1 aliphatic heterocycles. The molecule has 1 aromatic heterocycles. The maximum Gasteiger partial charge on any atom is 0.107 e. The highest BCUT2D eigenvalue weighted by atomic mass is 79.9. The fourth-order valence-corrected chi connectivity index (χ4v) is 4.07. The lowest BCUT2D eigenvalue weighted by molar-refractivity contribution is 0.0949. The lowest BCUT2D eigenvalue weighted by atomic mass is 10.1. The van der Waals surface area contributed by atoms with Crippen LogP contribution in [0, 0.1) is 0 Å². The van der Waals surface area contributed by atoms with Crippen molar-refractivity contribution in [2.24, 2.45) is 0 Å². The van der Waals surface area contributed by atoms with E-state index in [1.807, 2.05) is 0 Å². The third-order valence-electron chi connectivity index (χ3n) is 3.17. The van der Waals surface area contributed by atoms with Crippen LogP contribution in [0.5, 0.6) is 0 Å². The van der Waals surface area contributed by atoms with Crippen molar-refractivity contribution in [2.45, 2.75) is 44.8 Å². The van der Waals surface area contributed by atoms with Crippen LogP contribution in [-0.2, 0) is 4.74 Å². The van der Waals surface area contributed by atoms with Crippen LogP contribution >= 0.6 is 38.9 Å². The first-order valence-electron chi connectivity index (χ1n) is 6.50. The Bertz CT molecular complexity index is 360. The van der Waals surface area contributed by atoms with E-state index in [0.717, 1.165) is 34.8 Å². The predicted molar refractivity (Wildman–Crippen MR) is 81.7 cm³/mol. The maximum atomic E-state index is 6.14. The fourth-order valence-electron chi connectivity index (χ4n) is 2.25. The van der Waals surface area contributed by atoms with Crippen LogP contribution in [-0.4, -0.2) is 19.3 Å². The fraction of sp³-hybridized carbons (Fsp3) is 0.692. The van der Waals surface area contributed by atoms with Gasteiger partial charge in [0.1, 0.15) is 4.34 Å². The Balaban J connectivity index is 2.03. The molecule has 5 heteroatoms. The Morgan fingerprint density at radius 2 is 2.50 bits per heavy atom. The van der Waals surface area contributed by atoms with E-state index in [1.165, 1.54) is 17.7 Å². The van der Waals surface area contributed by atoms with Crippen molar-refractivity contribution in [3.63, 3.8) is 0 Å². The molecule has 0 aliphatic carbocycles. The molecule has 2 heterocycles. The Morgan fingerprint density at radius 3 is 3.06 bits per heavy atom. The summed E-state index contributed by atoms with van der Waals surface area (Å²) in [7, 11) is 0. The van der Waals surface area contributed by atoms with Crippen molar-refractivity contribution in [1.82, 2.24) is 5.32 Å². The quantitative estimate of drug-likeness (QED) is 0.796. The summed E-state index contributed by atoms with van der Waals surface area (Å²) in [5.74, 6) is 0. The van der Waals surface area contributed by atoms with E-state index in [9.17, 15) is 0 Å². The van der Waals surface area contributed by atoms with Gasteiger partial charge in [0, 0.05) is 22.0 Å². The second-order valence-corrected chi connectivity index (χ2v) is 7.19. The highest BCUT2D eigenvalue weighted by Crippen LogP contribution is 2.37. The molecule has 18 heavy (non-hydrogen) atoms. The van der Waals surface area contributed by atoms with Gasteiger partial charge in [-0.3, -0.25) is 0 Å². The summed E-state index contributed by atoms with van der Waals surface area (Å²) in [5.41, 5.74) is 0. The van der Waals surface area contributed by atoms with Gasteiger partial charge in [-0.15, -0.1) is 11.3 Å². The van der Waals surface area contributed by atoms with Gasteiger partial charge in [-0.2, -0.15) is 0 Å². The summed E-state index contributed by atoms with van der Waals surface area (Å²) in [6.07, 6.45) is 4.97. The summed E-state index contributed by atoms with van der Waals surface area (Å²) < 4.78 is 7.58. The zero-order valence-electron chi connectivity index (χ0n) is 10.5. The van der Waals surface area contributed by atoms with E-state index in [1.54, 1.807) is 11.3 Å². The molecule has 0 aromatic carbocycles. The third-order valence-corrected chi connectivity index (χ3v) is 5.76. The average Bonchev–Trinajstić information content (AvgIpc) is 2.96. The van der Waals surface area contributed by atoms with Gasteiger partial charge < -0.3 is 10.1 Å². The minimum atomic E-state index is 0.363. The molecule has 2 atom stereocenters. The Morgan fingerprint density at radius 1 is 1.67 bits per heavy atom. The lowest BCUT2D eigenvalue weighted by Gasteiger charge is -2.20. The molecule has 0 bridgehead atoms. The highest BCUT2D eigenvalue weighted by Gasteiger charge is 2.23. The van der Waals surface area contributed by atoms with E-state index in [-0.39, 0.29) is 0 Å². The van der Waals surface area contributed by atoms with E-state index in [4.69, 9.17) is 16.3 Å². The summed E-state index contributed by atoms with van der Waals surface area (Å²) in [4.78, 5) is 1.30. The number of halogens is 2. The van der Waals surface area contributed by atoms with Crippen molar-refractivity contribution in [3.05, 3.63) is 19.8 Å². The van der Waals surface area contributed by atoms with Crippen LogP contribution in [0.3, 0.4) is 0 Å². The largest absolute Gasteiger partial charge is 0.378 e. The number of thiophene rings is 1. The number of hydrogen-bond acceptors (Lipinski definition) is 3. The Kier molecular flexibility index (Phi) is 5.96. The van der Waals surface area contributed by atoms with Gasteiger partial charge in [0.05, 0.1) is 6.10 Å². The summed E-state index contributed by atoms with van der Waals surface area (Å²) >= 11 is 11.3. The zero-order chi connectivity index (χ0) is 13.0. The molecular formula is C13H19BrClNOS. The predicted octanol–water partition coefficient (Wildman–Crippen LogP) is 4.77. The molecule has 0 radical (unpaired) electrons. The number of rotatable bonds is 6. The molecule has 1 fully saturated rings. The second kappa shape index (κ2) is 7.25. The molecule has 1 N–H and O–H groups in total. The normalized spacial score (nSPS) is 21.4. The van der Waals surface area contributed by atoms with Crippen LogP contribution in [0.1, 0.15) is 43.5 Å². The summed E-state index contributed by atoms with van der Waals surface area (Å²) in [6, 6.07) is 2.50. The lowest BCUT2D eigenvalue weighted by Crippen LogP contribution is -2.25. The number of ether oxygens (including phenoxy) is 1. The van der Waals surface area contributed by atoms with Crippen molar-refractivity contribution in [3.8, 4) is 0 Å². The van der Waals surface area contributed by atoms with Crippen molar-refractivity contribution >= 4 is 38.9 Å². The van der Waals surface area contributed by atoms with Crippen LogP contribution in [0.2, 0.25) is 4.34 Å². The molecule has 1 aliphatic rings. The second-order valence-electron chi connectivity index (χ2n) is 4.65. The Hall–Kier alpha value is 0.390. The zero-order valence-corrected chi connectivity index (χ0v) is 13.7. The van der Waals surface area contributed by atoms with Crippen molar-refractivity contribution in [1.29, 1.82) is 0 Å². The molecule has 102 valence electrons. The van der Waals surface area contributed by atoms with Gasteiger partial charge in [-0.25, -0.2) is 0 Å². The number of nitrogens with one attached hydrogen (secondary N) is 1. The molecule has 0 amide bonds. The summed E-state index contributed by atoms with van der Waals surface area (Å²) in [6.45, 7) is 4.14. The minimum absolute atomic E-state index is 0.363. The average molecular weight is 353 g/mol. The van der Waals surface area contributed by atoms with E-state index in [0.29, 0.717) is 12.1 Å². The number of hydrogen-bond donors (Lipinski definition) is 1. The standard InChI is InChI=1S/C13H19BrClNOS/c1-2-5-16-11(7-9-4-3-6-17-9)12-8-10(14)13(15)18-12/h8-9,11,16H,2-7H2,1H3. The van der Waals surface area contributed by atoms with Gasteiger partial charge in [0.2, 0.25) is 0 Å². The van der Waals surface area contributed by atoms with E-state index < -0.39 is 0 Å². The van der Waals surface area contributed by atoms with Gasteiger partial charge in [0.15, 0.2) is 0 Å². The van der Waals surface area contributed by atoms with Crippen molar-refractivity contribution in [2.75, 3.05) is 13.2 Å². The van der Waals surface area contributed by atoms with E-state index >= 15 is 0 Å². The molecule has 2 rings (SSSR count). The topological polar surface area (TPSA) is 21.3 Å². The first kappa shape index (κ1) is 14.8. The van der Waals surface area contributed by atoms with Crippen molar-refractivity contribution < 1.29 is 4.74 Å². The van der Waals surface area contributed by atoms with Crippen LogP contribution in [0.25, 0.3) is 0 Å². The van der Waals surface area contributed by atoms with Gasteiger partial charge in [-0.1, -0.05) is 18.5 Å². The molecule has 0 spiro atoms. The highest BCUT2D eigenvalue weighted by molar-refractivity contribution is 9.10. The van der Waals surface area contributed by atoms with Crippen LogP contribution in [0.15, 0.2) is 10.5 Å². The monoisotopic (exact) mass is 351 g/mol. The molecule has 1 saturated heterocycles. The minimum Gasteiger partial charge on any atom is -0.378 e. The van der Waals surface area contributed by atoms with Gasteiger partial charge >= 0.3 is 0 Å². The SMILES string of the molecule is CCCNC(CC1CCCO1)c1cc(Br)c(Cl)s1. The maximum absolute atomic E-state index is 6.14. The van der Waals surface area contributed by atoms with Crippen LogP contribution in [0.4, 0.5) is 0 Å². The molecule has 0 saturated carbocycles. The molecule has 1 aromatic rings. The molecule has 2 nitrogen and oxygen atoms in total. The first-order chi connectivity index (χ1) is 8.70. The smallest absolute Gasteiger partial charge is 0.107 e. The Labute approximate surface area is 126 Å². The first-order valence-corrected chi connectivity index (χ1v) is 8.49. The van der Waals surface area contributed by atoms with Gasteiger partial charge in [0.25, 0.3) is 0 Å².